The van der Waals surface area contributed by atoms with Gasteiger partial charge in [-0.05, 0) is 55.4 Å². The molecule has 0 spiro atoms. The van der Waals surface area contributed by atoms with Crippen molar-refractivity contribution >= 4 is 11.5 Å². The molecule has 0 saturated carbocycles. The summed E-state index contributed by atoms with van der Waals surface area (Å²) in [5.41, 5.74) is 4.21. The lowest BCUT2D eigenvalue weighted by Gasteiger charge is -2.22. The first-order valence-electron chi connectivity index (χ1n) is 6.95. The maximum Gasteiger partial charge on any atom is 0.302 e. The minimum Gasteiger partial charge on any atom is -0.466 e. The molecule has 0 bridgehead atoms. The van der Waals surface area contributed by atoms with Crippen LogP contribution in [0.2, 0.25) is 0 Å². The first-order chi connectivity index (χ1) is 9.24. The lowest BCUT2D eigenvalue weighted by Crippen LogP contribution is -2.17. The van der Waals surface area contributed by atoms with Crippen LogP contribution in [-0.2, 0) is 22.4 Å². The van der Waals surface area contributed by atoms with E-state index in [1.54, 1.807) is 0 Å². The van der Waals surface area contributed by atoms with Crippen LogP contribution in [0.25, 0.3) is 5.52 Å². The van der Waals surface area contributed by atoms with Crippen molar-refractivity contribution in [3.63, 3.8) is 0 Å². The number of hydrogen-bond donors (Lipinski definition) is 0. The Morgan fingerprint density at radius 1 is 1.47 bits per heavy atom. The first kappa shape index (κ1) is 12.3. The summed E-state index contributed by atoms with van der Waals surface area (Å²) in [4.78, 5) is 10.8. The smallest absolute Gasteiger partial charge is 0.302 e. The van der Waals surface area contributed by atoms with Gasteiger partial charge in [0, 0.05) is 24.3 Å². The van der Waals surface area contributed by atoms with Gasteiger partial charge in [0.05, 0.1) is 6.61 Å². The predicted octanol–water partition coefficient (Wildman–Crippen LogP) is 3.00. The molecular weight excluding hydrogens is 238 g/mol. The second-order valence-electron chi connectivity index (χ2n) is 5.35. The number of aromatic nitrogens is 1. The van der Waals surface area contributed by atoms with Gasteiger partial charge in [-0.1, -0.05) is 6.07 Å². The summed E-state index contributed by atoms with van der Waals surface area (Å²) in [6, 6.07) is 8.62. The number of ether oxygens (including phenoxy) is 1. The Balaban J connectivity index is 1.74. The van der Waals surface area contributed by atoms with Crippen LogP contribution in [-0.4, -0.2) is 17.0 Å². The molecule has 19 heavy (non-hydrogen) atoms. The molecule has 0 fully saturated rings. The predicted molar refractivity (Wildman–Crippen MR) is 74.2 cm³/mol. The fraction of sp³-hybridized carbons (Fsp3) is 0.438. The van der Waals surface area contributed by atoms with Crippen molar-refractivity contribution < 1.29 is 9.53 Å². The Hall–Kier alpha value is -1.77. The maximum atomic E-state index is 10.8. The maximum absolute atomic E-state index is 10.8. The Morgan fingerprint density at radius 2 is 2.37 bits per heavy atom. The highest BCUT2D eigenvalue weighted by Crippen LogP contribution is 2.30. The summed E-state index contributed by atoms with van der Waals surface area (Å²) in [7, 11) is 0. The molecule has 3 rings (SSSR count). The third kappa shape index (κ3) is 2.50. The van der Waals surface area contributed by atoms with Crippen LogP contribution < -0.4 is 0 Å². The van der Waals surface area contributed by atoms with Gasteiger partial charge < -0.3 is 9.14 Å². The van der Waals surface area contributed by atoms with E-state index in [0.717, 1.165) is 19.3 Å². The Bertz CT molecular complexity index is 600. The Labute approximate surface area is 113 Å². The number of aryl methyl sites for hydroxylation is 1. The standard InChI is InChI=1S/C16H19NO2/c1-12(18)19-9-7-13-5-6-14-11-15-4-2-3-8-17(15)16(14)10-13/h2-4,8,11,13H,5-7,9-10H2,1H3. The molecular formula is C16H19NO2. The Morgan fingerprint density at radius 3 is 3.21 bits per heavy atom. The van der Waals surface area contributed by atoms with Gasteiger partial charge in [0.15, 0.2) is 0 Å². The average Bonchev–Trinajstić information content (AvgIpc) is 2.76. The number of esters is 1. The summed E-state index contributed by atoms with van der Waals surface area (Å²) in [6.07, 6.45) is 6.55. The number of fused-ring (bicyclic) bond motifs is 3. The van der Waals surface area contributed by atoms with E-state index < -0.39 is 0 Å². The summed E-state index contributed by atoms with van der Waals surface area (Å²) in [6.45, 7) is 2.03. The summed E-state index contributed by atoms with van der Waals surface area (Å²) < 4.78 is 7.35. The molecule has 1 aliphatic rings. The normalized spacial score (nSPS) is 18.3. The summed E-state index contributed by atoms with van der Waals surface area (Å²) in [5.74, 6) is 0.454. The fourth-order valence-corrected chi connectivity index (χ4v) is 3.03. The van der Waals surface area contributed by atoms with Crippen LogP contribution >= 0.6 is 0 Å². The van der Waals surface area contributed by atoms with Gasteiger partial charge in [-0.3, -0.25) is 4.79 Å². The first-order valence-corrected chi connectivity index (χ1v) is 6.95. The lowest BCUT2D eigenvalue weighted by atomic mass is 9.86. The number of carbonyl (C=O) groups is 1. The highest BCUT2D eigenvalue weighted by molar-refractivity contribution is 5.65. The van der Waals surface area contributed by atoms with Gasteiger partial charge in [0.25, 0.3) is 0 Å². The van der Waals surface area contributed by atoms with Crippen LogP contribution in [0.1, 0.15) is 31.0 Å². The number of carbonyl (C=O) groups excluding carboxylic acids is 1. The van der Waals surface area contributed by atoms with Crippen molar-refractivity contribution in [2.24, 2.45) is 5.92 Å². The van der Waals surface area contributed by atoms with E-state index in [1.807, 2.05) is 0 Å². The highest BCUT2D eigenvalue weighted by atomic mass is 16.5. The molecule has 1 atom stereocenters. The number of pyridine rings is 1. The van der Waals surface area contributed by atoms with Crippen LogP contribution in [0, 0.1) is 5.92 Å². The monoisotopic (exact) mass is 257 g/mol. The second-order valence-corrected chi connectivity index (χ2v) is 5.35. The highest BCUT2D eigenvalue weighted by Gasteiger charge is 2.21. The molecule has 3 heteroatoms. The zero-order valence-corrected chi connectivity index (χ0v) is 11.3. The molecule has 0 amide bonds. The molecule has 2 aromatic heterocycles. The van der Waals surface area contributed by atoms with E-state index in [2.05, 4.69) is 34.9 Å². The summed E-state index contributed by atoms with van der Waals surface area (Å²) in [5, 5.41) is 0. The van der Waals surface area contributed by atoms with Gasteiger partial charge in [-0.15, -0.1) is 0 Å². The zero-order valence-electron chi connectivity index (χ0n) is 11.3. The van der Waals surface area contributed by atoms with Crippen molar-refractivity contribution in [2.75, 3.05) is 6.61 Å². The molecule has 3 nitrogen and oxygen atoms in total. The molecule has 1 aliphatic carbocycles. The van der Waals surface area contributed by atoms with Crippen LogP contribution in [0.15, 0.2) is 30.5 Å². The fourth-order valence-electron chi connectivity index (χ4n) is 3.03. The average molecular weight is 257 g/mol. The Kier molecular flexibility index (Phi) is 3.28. The number of rotatable bonds is 3. The van der Waals surface area contributed by atoms with Crippen LogP contribution in [0.5, 0.6) is 0 Å². The van der Waals surface area contributed by atoms with E-state index in [-0.39, 0.29) is 5.97 Å². The molecule has 1 unspecified atom stereocenters. The number of hydrogen-bond acceptors (Lipinski definition) is 2. The molecule has 0 aliphatic heterocycles. The topological polar surface area (TPSA) is 30.7 Å². The van der Waals surface area contributed by atoms with Crippen molar-refractivity contribution in [3.05, 3.63) is 41.7 Å². The van der Waals surface area contributed by atoms with Crippen LogP contribution in [0.3, 0.4) is 0 Å². The molecule has 0 aromatic carbocycles. The molecule has 0 N–H and O–H groups in total. The van der Waals surface area contributed by atoms with Crippen molar-refractivity contribution in [1.82, 2.24) is 4.40 Å². The third-order valence-electron chi connectivity index (χ3n) is 4.01. The largest absolute Gasteiger partial charge is 0.466 e. The minimum absolute atomic E-state index is 0.176. The lowest BCUT2D eigenvalue weighted by molar-refractivity contribution is -0.141. The quantitative estimate of drug-likeness (QED) is 0.791. The van der Waals surface area contributed by atoms with E-state index in [9.17, 15) is 4.79 Å². The third-order valence-corrected chi connectivity index (χ3v) is 4.01. The van der Waals surface area contributed by atoms with E-state index in [4.69, 9.17) is 4.74 Å². The van der Waals surface area contributed by atoms with Gasteiger partial charge in [0.1, 0.15) is 0 Å². The molecule has 0 saturated heterocycles. The SMILES string of the molecule is CC(=O)OCCC1CCc2cc3ccccn3c2C1. The second kappa shape index (κ2) is 5.08. The van der Waals surface area contributed by atoms with Gasteiger partial charge in [-0.25, -0.2) is 0 Å². The minimum atomic E-state index is -0.176. The van der Waals surface area contributed by atoms with Gasteiger partial charge in [0.2, 0.25) is 0 Å². The molecule has 2 aromatic rings. The molecule has 2 heterocycles. The number of nitrogens with zero attached hydrogens (tertiary/aromatic N) is 1. The van der Waals surface area contributed by atoms with Crippen LogP contribution in [0.4, 0.5) is 0 Å². The van der Waals surface area contributed by atoms with E-state index in [0.29, 0.717) is 12.5 Å². The van der Waals surface area contributed by atoms with Crippen molar-refractivity contribution in [1.29, 1.82) is 0 Å². The molecule has 100 valence electrons. The van der Waals surface area contributed by atoms with Crippen molar-refractivity contribution in [3.8, 4) is 0 Å². The molecule has 0 radical (unpaired) electrons. The van der Waals surface area contributed by atoms with Gasteiger partial charge >= 0.3 is 5.97 Å². The zero-order chi connectivity index (χ0) is 13.2. The summed E-state index contributed by atoms with van der Waals surface area (Å²) >= 11 is 0. The van der Waals surface area contributed by atoms with E-state index in [1.165, 1.54) is 30.1 Å². The van der Waals surface area contributed by atoms with Crippen molar-refractivity contribution in [2.45, 2.75) is 32.6 Å². The van der Waals surface area contributed by atoms with Gasteiger partial charge in [-0.2, -0.15) is 0 Å². The van der Waals surface area contributed by atoms with E-state index >= 15 is 0 Å².